The van der Waals surface area contributed by atoms with E-state index in [1.807, 2.05) is 38.1 Å². The van der Waals surface area contributed by atoms with Crippen molar-refractivity contribution in [2.45, 2.75) is 26.2 Å². The van der Waals surface area contributed by atoms with Crippen molar-refractivity contribution in [3.8, 4) is 0 Å². The summed E-state index contributed by atoms with van der Waals surface area (Å²) >= 11 is 2.25. The summed E-state index contributed by atoms with van der Waals surface area (Å²) in [6, 6.07) is 8.15. The Balaban J connectivity index is 2.55. The van der Waals surface area contributed by atoms with Crippen molar-refractivity contribution in [2.75, 3.05) is 12.3 Å². The van der Waals surface area contributed by atoms with E-state index in [2.05, 4.69) is 27.3 Å². The van der Waals surface area contributed by atoms with Crippen LogP contribution in [0, 0.1) is 3.57 Å². The first-order chi connectivity index (χ1) is 7.94. The lowest BCUT2D eigenvalue weighted by Gasteiger charge is -2.13. The molecule has 5 heteroatoms. The first-order valence-corrected chi connectivity index (χ1v) is 8.40. The molecule has 1 aromatic carbocycles. The smallest absolute Gasteiger partial charge is 0.211 e. The van der Waals surface area contributed by atoms with Gasteiger partial charge in [-0.25, -0.2) is 13.1 Å². The molecule has 1 N–H and O–H groups in total. The molecule has 96 valence electrons. The molecule has 0 unspecified atom stereocenters. The van der Waals surface area contributed by atoms with Crippen LogP contribution in [0.5, 0.6) is 0 Å². The van der Waals surface area contributed by atoms with Gasteiger partial charge >= 0.3 is 0 Å². The Labute approximate surface area is 117 Å². The monoisotopic (exact) mass is 367 g/mol. The maximum Gasteiger partial charge on any atom is 0.211 e. The summed E-state index contributed by atoms with van der Waals surface area (Å²) in [7, 11) is -3.09. The topological polar surface area (TPSA) is 46.2 Å². The summed E-state index contributed by atoms with van der Waals surface area (Å²) in [5.74, 6) is 0.394. The van der Waals surface area contributed by atoms with Crippen molar-refractivity contribution < 1.29 is 8.42 Å². The largest absolute Gasteiger partial charge is 0.215 e. The van der Waals surface area contributed by atoms with E-state index in [1.165, 1.54) is 3.57 Å². The number of hydrogen-bond acceptors (Lipinski definition) is 2. The third-order valence-electron chi connectivity index (χ3n) is 2.52. The van der Waals surface area contributed by atoms with Gasteiger partial charge in [0.1, 0.15) is 0 Å². The van der Waals surface area contributed by atoms with Gasteiger partial charge in [-0.2, -0.15) is 0 Å². The molecule has 1 rings (SSSR count). The van der Waals surface area contributed by atoms with Crippen LogP contribution in [0.1, 0.15) is 31.7 Å². The quantitative estimate of drug-likeness (QED) is 0.786. The molecule has 0 aliphatic rings. The first-order valence-electron chi connectivity index (χ1n) is 5.67. The standard InChI is InChI=1S/C12H18INO2S/c1-3-8-17(15,16)14-9-10(2)11-4-6-12(13)7-5-11/h4-7,10,14H,3,8-9H2,1-2H3/t10-/m0/s1. The van der Waals surface area contributed by atoms with Crippen LogP contribution >= 0.6 is 22.6 Å². The van der Waals surface area contributed by atoms with Crippen LogP contribution in [-0.2, 0) is 10.0 Å². The lowest BCUT2D eigenvalue weighted by molar-refractivity contribution is 0.573. The predicted octanol–water partition coefficient (Wildman–Crippen LogP) is 2.72. The second-order valence-corrected chi connectivity index (χ2v) is 7.29. The number of sulfonamides is 1. The number of nitrogens with one attached hydrogen (secondary N) is 1. The van der Waals surface area contributed by atoms with Crippen LogP contribution < -0.4 is 4.72 Å². The fraction of sp³-hybridized carbons (Fsp3) is 0.500. The van der Waals surface area contributed by atoms with E-state index in [9.17, 15) is 8.42 Å². The number of halogens is 1. The van der Waals surface area contributed by atoms with Crippen LogP contribution in [0.2, 0.25) is 0 Å². The number of benzene rings is 1. The Morgan fingerprint density at radius 1 is 1.29 bits per heavy atom. The van der Waals surface area contributed by atoms with E-state index in [0.717, 1.165) is 5.56 Å². The average Bonchev–Trinajstić information content (AvgIpc) is 2.27. The van der Waals surface area contributed by atoms with Gasteiger partial charge in [0, 0.05) is 10.1 Å². The van der Waals surface area contributed by atoms with E-state index in [1.54, 1.807) is 0 Å². The molecule has 3 nitrogen and oxygen atoms in total. The zero-order valence-electron chi connectivity index (χ0n) is 10.1. The van der Waals surface area contributed by atoms with Gasteiger partial charge < -0.3 is 0 Å². The van der Waals surface area contributed by atoms with E-state index < -0.39 is 10.0 Å². The summed E-state index contributed by atoms with van der Waals surface area (Å²) < 4.78 is 26.8. The molecule has 17 heavy (non-hydrogen) atoms. The maximum absolute atomic E-state index is 11.5. The second-order valence-electron chi connectivity index (χ2n) is 4.12. The van der Waals surface area contributed by atoms with Crippen molar-refractivity contribution in [3.63, 3.8) is 0 Å². The summed E-state index contributed by atoms with van der Waals surface area (Å²) in [5, 5.41) is 0. The minimum absolute atomic E-state index is 0.193. The molecule has 0 saturated heterocycles. The highest BCUT2D eigenvalue weighted by atomic mass is 127. The minimum Gasteiger partial charge on any atom is -0.215 e. The van der Waals surface area contributed by atoms with Gasteiger partial charge in [0.2, 0.25) is 10.0 Å². The Hall–Kier alpha value is -0.140. The van der Waals surface area contributed by atoms with Crippen molar-refractivity contribution in [3.05, 3.63) is 33.4 Å². The van der Waals surface area contributed by atoms with E-state index in [4.69, 9.17) is 0 Å². The molecule has 0 bridgehead atoms. The molecular weight excluding hydrogens is 349 g/mol. The highest BCUT2D eigenvalue weighted by Gasteiger charge is 2.11. The van der Waals surface area contributed by atoms with Crippen LogP contribution in [-0.4, -0.2) is 20.7 Å². The Morgan fingerprint density at radius 2 is 1.88 bits per heavy atom. The van der Waals surface area contributed by atoms with Gasteiger partial charge in [-0.05, 0) is 52.6 Å². The van der Waals surface area contributed by atoms with Crippen molar-refractivity contribution in [2.24, 2.45) is 0 Å². The molecule has 0 aliphatic heterocycles. The maximum atomic E-state index is 11.5. The van der Waals surface area contributed by atoms with Crippen molar-refractivity contribution >= 4 is 32.6 Å². The van der Waals surface area contributed by atoms with Crippen LogP contribution in [0.4, 0.5) is 0 Å². The molecule has 0 radical (unpaired) electrons. The van der Waals surface area contributed by atoms with Gasteiger partial charge in [-0.15, -0.1) is 0 Å². The predicted molar refractivity (Wildman–Crippen MR) is 79.7 cm³/mol. The van der Waals surface area contributed by atoms with Crippen LogP contribution in [0.3, 0.4) is 0 Å². The molecular formula is C12H18INO2S. The van der Waals surface area contributed by atoms with E-state index >= 15 is 0 Å². The highest BCUT2D eigenvalue weighted by Crippen LogP contribution is 2.16. The normalized spacial score (nSPS) is 13.6. The average molecular weight is 367 g/mol. The Bertz CT molecular complexity index is 442. The van der Waals surface area contributed by atoms with Crippen LogP contribution in [0.15, 0.2) is 24.3 Å². The molecule has 0 saturated carbocycles. The molecule has 0 fully saturated rings. The molecule has 0 aromatic heterocycles. The molecule has 0 amide bonds. The molecule has 0 aliphatic carbocycles. The van der Waals surface area contributed by atoms with Gasteiger partial charge in [0.25, 0.3) is 0 Å². The first kappa shape index (κ1) is 14.9. The highest BCUT2D eigenvalue weighted by molar-refractivity contribution is 14.1. The zero-order chi connectivity index (χ0) is 12.9. The summed E-state index contributed by atoms with van der Waals surface area (Å²) in [5.41, 5.74) is 1.16. The number of hydrogen-bond donors (Lipinski definition) is 1. The Kier molecular flexibility index (Phi) is 5.88. The zero-order valence-corrected chi connectivity index (χ0v) is 13.1. The van der Waals surface area contributed by atoms with Gasteiger partial charge in [-0.1, -0.05) is 26.0 Å². The molecule has 1 aromatic rings. The minimum atomic E-state index is -3.09. The summed E-state index contributed by atoms with van der Waals surface area (Å²) in [6.45, 7) is 4.35. The van der Waals surface area contributed by atoms with Crippen LogP contribution in [0.25, 0.3) is 0 Å². The fourth-order valence-corrected chi connectivity index (χ4v) is 3.05. The van der Waals surface area contributed by atoms with Crippen molar-refractivity contribution in [1.29, 1.82) is 0 Å². The van der Waals surface area contributed by atoms with Gasteiger partial charge in [0.15, 0.2) is 0 Å². The molecule has 0 heterocycles. The second kappa shape index (κ2) is 6.70. The third-order valence-corrected chi connectivity index (χ3v) is 4.79. The Morgan fingerprint density at radius 3 is 2.41 bits per heavy atom. The van der Waals surface area contributed by atoms with Gasteiger partial charge in [-0.3, -0.25) is 0 Å². The summed E-state index contributed by atoms with van der Waals surface area (Å²) in [4.78, 5) is 0. The molecule has 1 atom stereocenters. The third kappa shape index (κ3) is 5.35. The summed E-state index contributed by atoms with van der Waals surface area (Å²) in [6.07, 6.45) is 0.646. The van der Waals surface area contributed by atoms with Crippen molar-refractivity contribution in [1.82, 2.24) is 4.72 Å². The lowest BCUT2D eigenvalue weighted by Crippen LogP contribution is -2.29. The fourth-order valence-electron chi connectivity index (χ4n) is 1.50. The van der Waals surface area contributed by atoms with E-state index in [0.29, 0.717) is 13.0 Å². The van der Waals surface area contributed by atoms with E-state index in [-0.39, 0.29) is 11.7 Å². The lowest BCUT2D eigenvalue weighted by atomic mass is 10.0. The number of rotatable bonds is 6. The SMILES string of the molecule is CCCS(=O)(=O)NC[C@H](C)c1ccc(I)cc1. The molecule has 0 spiro atoms. The van der Waals surface area contributed by atoms with Gasteiger partial charge in [0.05, 0.1) is 5.75 Å².